The Balaban J connectivity index is 2.23. The van der Waals surface area contributed by atoms with E-state index in [1.807, 2.05) is 0 Å². The Labute approximate surface area is 124 Å². The fourth-order valence-electron chi connectivity index (χ4n) is 1.32. The van der Waals surface area contributed by atoms with E-state index < -0.39 is 10.0 Å². The fourth-order valence-corrected chi connectivity index (χ4v) is 3.27. The minimum atomic E-state index is -3.92. The molecule has 0 spiro atoms. The third-order valence-corrected chi connectivity index (χ3v) is 4.87. The Kier molecular flexibility index (Phi) is 4.04. The summed E-state index contributed by atoms with van der Waals surface area (Å²) in [5.74, 6) is -0.239. The van der Waals surface area contributed by atoms with E-state index in [2.05, 4.69) is 25.2 Å². The number of nitrogen functional groups attached to an aromatic ring is 1. The molecule has 0 aliphatic rings. The van der Waals surface area contributed by atoms with Crippen LogP contribution in [0.25, 0.3) is 0 Å². The number of sulfonamides is 1. The Morgan fingerprint density at radius 1 is 1.38 bits per heavy atom. The SMILES string of the molecule is CC(=O)Nc1nnc(S(=O)(=O)Nc2cc(C)c(N)cn2)s1. The molecule has 21 heavy (non-hydrogen) atoms. The number of nitrogens with zero attached hydrogens (tertiary/aromatic N) is 3. The fraction of sp³-hybridized carbons (Fsp3) is 0.200. The van der Waals surface area contributed by atoms with Crippen molar-refractivity contribution in [2.75, 3.05) is 15.8 Å². The minimum Gasteiger partial charge on any atom is -0.397 e. The molecule has 2 aromatic heterocycles. The van der Waals surface area contributed by atoms with Crippen molar-refractivity contribution in [2.45, 2.75) is 18.2 Å². The summed E-state index contributed by atoms with van der Waals surface area (Å²) in [6.45, 7) is 3.02. The number of nitrogens with two attached hydrogens (primary N) is 1. The van der Waals surface area contributed by atoms with Crippen molar-refractivity contribution >= 4 is 43.9 Å². The van der Waals surface area contributed by atoms with E-state index in [1.165, 1.54) is 19.2 Å². The molecular formula is C10H12N6O3S2. The van der Waals surface area contributed by atoms with E-state index in [0.29, 0.717) is 11.3 Å². The van der Waals surface area contributed by atoms with Gasteiger partial charge in [-0.2, -0.15) is 8.42 Å². The van der Waals surface area contributed by atoms with Gasteiger partial charge < -0.3 is 11.1 Å². The number of nitrogens with one attached hydrogen (secondary N) is 2. The molecule has 0 aliphatic heterocycles. The number of hydrogen-bond acceptors (Lipinski definition) is 8. The molecule has 112 valence electrons. The van der Waals surface area contributed by atoms with E-state index in [9.17, 15) is 13.2 Å². The molecule has 2 rings (SSSR count). The number of anilines is 3. The van der Waals surface area contributed by atoms with Crippen LogP contribution in [-0.4, -0.2) is 29.5 Å². The molecule has 0 aromatic carbocycles. The second-order valence-electron chi connectivity index (χ2n) is 4.09. The van der Waals surface area contributed by atoms with Crippen molar-refractivity contribution in [2.24, 2.45) is 0 Å². The summed E-state index contributed by atoms with van der Waals surface area (Å²) in [4.78, 5) is 14.7. The van der Waals surface area contributed by atoms with Gasteiger partial charge in [0.1, 0.15) is 5.82 Å². The van der Waals surface area contributed by atoms with Crippen molar-refractivity contribution in [3.8, 4) is 0 Å². The van der Waals surface area contributed by atoms with Crippen LogP contribution < -0.4 is 15.8 Å². The monoisotopic (exact) mass is 328 g/mol. The molecule has 2 aromatic rings. The lowest BCUT2D eigenvalue weighted by Gasteiger charge is -2.06. The van der Waals surface area contributed by atoms with Gasteiger partial charge in [-0.3, -0.25) is 9.52 Å². The molecule has 0 saturated heterocycles. The van der Waals surface area contributed by atoms with Gasteiger partial charge >= 0.3 is 0 Å². The molecule has 0 unspecified atom stereocenters. The van der Waals surface area contributed by atoms with Crippen molar-refractivity contribution in [1.82, 2.24) is 15.2 Å². The first kappa shape index (κ1) is 15.1. The van der Waals surface area contributed by atoms with Crippen LogP contribution in [0.1, 0.15) is 12.5 Å². The number of aryl methyl sites for hydroxylation is 1. The molecule has 0 radical (unpaired) electrons. The molecule has 0 aliphatic carbocycles. The molecule has 0 bridgehead atoms. The van der Waals surface area contributed by atoms with Crippen LogP contribution in [0, 0.1) is 6.92 Å². The Morgan fingerprint density at radius 2 is 2.10 bits per heavy atom. The molecule has 0 saturated carbocycles. The predicted molar refractivity (Wildman–Crippen MR) is 78.4 cm³/mol. The highest BCUT2D eigenvalue weighted by Crippen LogP contribution is 2.22. The first-order chi connectivity index (χ1) is 9.78. The van der Waals surface area contributed by atoms with Crippen LogP contribution in [-0.2, 0) is 14.8 Å². The van der Waals surface area contributed by atoms with Crippen molar-refractivity contribution < 1.29 is 13.2 Å². The zero-order valence-electron chi connectivity index (χ0n) is 11.1. The second kappa shape index (κ2) is 5.61. The normalized spacial score (nSPS) is 11.1. The largest absolute Gasteiger partial charge is 0.397 e. The zero-order chi connectivity index (χ0) is 15.6. The number of carbonyl (C=O) groups excluding carboxylic acids is 1. The van der Waals surface area contributed by atoms with Gasteiger partial charge in [0.25, 0.3) is 14.4 Å². The molecule has 1 amide bonds. The third-order valence-electron chi connectivity index (χ3n) is 2.31. The van der Waals surface area contributed by atoms with Gasteiger partial charge in [0.05, 0.1) is 11.9 Å². The first-order valence-corrected chi connectivity index (χ1v) is 7.94. The van der Waals surface area contributed by atoms with Crippen molar-refractivity contribution in [3.05, 3.63) is 17.8 Å². The van der Waals surface area contributed by atoms with Gasteiger partial charge in [-0.05, 0) is 18.6 Å². The lowest BCUT2D eigenvalue weighted by atomic mass is 10.2. The van der Waals surface area contributed by atoms with Crippen molar-refractivity contribution in [3.63, 3.8) is 0 Å². The summed E-state index contributed by atoms with van der Waals surface area (Å²) in [7, 11) is -3.92. The van der Waals surface area contributed by atoms with Gasteiger partial charge in [0.15, 0.2) is 0 Å². The molecule has 2 heterocycles. The molecular weight excluding hydrogens is 316 g/mol. The zero-order valence-corrected chi connectivity index (χ0v) is 12.7. The van der Waals surface area contributed by atoms with Gasteiger partial charge in [0, 0.05) is 6.92 Å². The van der Waals surface area contributed by atoms with Crippen molar-refractivity contribution in [1.29, 1.82) is 0 Å². The van der Waals surface area contributed by atoms with E-state index in [4.69, 9.17) is 5.73 Å². The van der Waals surface area contributed by atoms with Crippen LogP contribution in [0.2, 0.25) is 0 Å². The topological polar surface area (TPSA) is 140 Å². The van der Waals surface area contributed by atoms with Gasteiger partial charge in [-0.25, -0.2) is 4.98 Å². The first-order valence-electron chi connectivity index (χ1n) is 5.64. The summed E-state index contributed by atoms with van der Waals surface area (Å²) in [5.41, 5.74) is 6.77. The van der Waals surface area contributed by atoms with E-state index >= 15 is 0 Å². The molecule has 4 N–H and O–H groups in total. The van der Waals surface area contributed by atoms with Gasteiger partial charge in [-0.15, -0.1) is 10.2 Å². The highest BCUT2D eigenvalue weighted by atomic mass is 32.2. The molecule has 11 heteroatoms. The van der Waals surface area contributed by atoms with E-state index in [1.54, 1.807) is 6.92 Å². The summed E-state index contributed by atoms with van der Waals surface area (Å²) >= 11 is 0.738. The Bertz CT molecular complexity index is 786. The standard InChI is InChI=1S/C10H12N6O3S2/c1-5-3-8(12-4-7(5)11)16-21(18,19)10-15-14-9(20-10)13-6(2)17/h3-4H,11H2,1-2H3,(H,12,16)(H,13,14,17). The highest BCUT2D eigenvalue weighted by Gasteiger charge is 2.21. The Hall–Kier alpha value is -2.27. The number of pyridine rings is 1. The van der Waals surface area contributed by atoms with Crippen LogP contribution >= 0.6 is 11.3 Å². The average Bonchev–Trinajstić information content (AvgIpc) is 2.82. The minimum absolute atomic E-state index is 0.101. The summed E-state index contributed by atoms with van der Waals surface area (Å²) in [6, 6.07) is 1.50. The average molecular weight is 328 g/mol. The number of carbonyl (C=O) groups is 1. The van der Waals surface area contributed by atoms with E-state index in [-0.39, 0.29) is 21.2 Å². The maximum Gasteiger partial charge on any atom is 0.292 e. The lowest BCUT2D eigenvalue weighted by Crippen LogP contribution is -2.14. The smallest absolute Gasteiger partial charge is 0.292 e. The highest BCUT2D eigenvalue weighted by molar-refractivity contribution is 7.94. The molecule has 9 nitrogen and oxygen atoms in total. The maximum absolute atomic E-state index is 12.1. The maximum atomic E-state index is 12.1. The van der Waals surface area contributed by atoms with Crippen LogP contribution in [0.5, 0.6) is 0 Å². The number of rotatable bonds is 4. The third kappa shape index (κ3) is 3.64. The molecule has 0 fully saturated rings. The summed E-state index contributed by atoms with van der Waals surface area (Å²) < 4.78 is 26.2. The number of amides is 1. The predicted octanol–water partition coefficient (Wildman–Crippen LogP) is 0.583. The van der Waals surface area contributed by atoms with Gasteiger partial charge in [0.2, 0.25) is 11.0 Å². The van der Waals surface area contributed by atoms with Crippen LogP contribution in [0.15, 0.2) is 16.6 Å². The van der Waals surface area contributed by atoms with Gasteiger partial charge in [-0.1, -0.05) is 11.3 Å². The van der Waals surface area contributed by atoms with E-state index in [0.717, 1.165) is 11.3 Å². The quantitative estimate of drug-likeness (QED) is 0.697. The van der Waals surface area contributed by atoms with Crippen LogP contribution in [0.4, 0.5) is 16.6 Å². The summed E-state index contributed by atoms with van der Waals surface area (Å²) in [6.07, 6.45) is 1.36. The summed E-state index contributed by atoms with van der Waals surface area (Å²) in [5, 5.41) is 9.56. The molecule has 0 atom stereocenters. The second-order valence-corrected chi connectivity index (χ2v) is 6.92. The number of hydrogen-bond donors (Lipinski definition) is 3. The van der Waals surface area contributed by atoms with Crippen LogP contribution in [0.3, 0.4) is 0 Å². The lowest BCUT2D eigenvalue weighted by molar-refractivity contribution is -0.114. The Morgan fingerprint density at radius 3 is 2.71 bits per heavy atom. The number of aromatic nitrogens is 3.